The lowest BCUT2D eigenvalue weighted by atomic mass is 9.89. The van der Waals surface area contributed by atoms with Crippen molar-refractivity contribution < 1.29 is 0 Å². The van der Waals surface area contributed by atoms with Crippen molar-refractivity contribution >= 4 is 5.69 Å². The van der Waals surface area contributed by atoms with Gasteiger partial charge in [0, 0.05) is 12.2 Å². The molecule has 1 N–H and O–H groups in total. The molecule has 0 amide bonds. The fourth-order valence-corrected chi connectivity index (χ4v) is 3.54. The normalized spacial score (nSPS) is 30.2. The summed E-state index contributed by atoms with van der Waals surface area (Å²) in [5.41, 5.74) is 1.88. The molecule has 0 aliphatic heterocycles. The molecule has 2 nitrogen and oxygen atoms in total. The van der Waals surface area contributed by atoms with E-state index in [2.05, 4.69) is 11.4 Å². The smallest absolute Gasteiger partial charge is 0.0991 e. The van der Waals surface area contributed by atoms with E-state index in [1.165, 1.54) is 25.7 Å². The summed E-state index contributed by atoms with van der Waals surface area (Å²) in [6.07, 6.45) is 5.82. The van der Waals surface area contributed by atoms with E-state index in [0.717, 1.165) is 35.5 Å². The van der Waals surface area contributed by atoms with Crippen molar-refractivity contribution in [1.82, 2.24) is 0 Å². The fraction of sp³-hybridized carbons (Fsp3) is 0.533. The molecule has 2 bridgehead atoms. The molecule has 2 heteroatoms. The zero-order valence-electron chi connectivity index (χ0n) is 10.0. The standard InChI is InChI=1S/C15H18N2/c16-9-11-2-5-15(6-3-11)17-10-14-8-12-1-4-13(14)7-12/h2-3,5-6,12-14,17H,1,4,7-8,10H2. The quantitative estimate of drug-likeness (QED) is 0.857. The van der Waals surface area contributed by atoms with Crippen molar-refractivity contribution in [2.75, 3.05) is 11.9 Å². The molecule has 0 radical (unpaired) electrons. The van der Waals surface area contributed by atoms with Crippen LogP contribution in [0.2, 0.25) is 0 Å². The van der Waals surface area contributed by atoms with Crippen LogP contribution in [0, 0.1) is 29.1 Å². The van der Waals surface area contributed by atoms with E-state index < -0.39 is 0 Å². The molecule has 3 atom stereocenters. The summed E-state index contributed by atoms with van der Waals surface area (Å²) < 4.78 is 0. The molecular formula is C15H18N2. The second-order valence-corrected chi connectivity index (χ2v) is 5.50. The summed E-state index contributed by atoms with van der Waals surface area (Å²) in [6, 6.07) is 9.91. The highest BCUT2D eigenvalue weighted by atomic mass is 14.9. The van der Waals surface area contributed by atoms with Gasteiger partial charge < -0.3 is 5.32 Å². The Kier molecular flexibility index (Phi) is 2.76. The number of nitrogens with zero attached hydrogens (tertiary/aromatic N) is 1. The Morgan fingerprint density at radius 2 is 2.00 bits per heavy atom. The summed E-state index contributed by atoms with van der Waals surface area (Å²) in [5, 5.41) is 12.2. The van der Waals surface area contributed by atoms with E-state index in [9.17, 15) is 0 Å². The average molecular weight is 226 g/mol. The van der Waals surface area contributed by atoms with Gasteiger partial charge in [-0.1, -0.05) is 6.42 Å². The first kappa shape index (κ1) is 10.7. The lowest BCUT2D eigenvalue weighted by molar-refractivity contribution is 0.348. The van der Waals surface area contributed by atoms with E-state index in [-0.39, 0.29) is 0 Å². The molecule has 3 unspecified atom stereocenters. The molecule has 2 fully saturated rings. The molecule has 1 aromatic carbocycles. The maximum absolute atomic E-state index is 8.73. The Hall–Kier alpha value is -1.49. The predicted octanol–water partition coefficient (Wildman–Crippen LogP) is 3.41. The summed E-state index contributed by atoms with van der Waals surface area (Å²) in [7, 11) is 0. The highest BCUT2D eigenvalue weighted by Crippen LogP contribution is 2.48. The molecule has 2 aliphatic carbocycles. The number of rotatable bonds is 3. The molecule has 2 saturated carbocycles. The Morgan fingerprint density at radius 3 is 2.59 bits per heavy atom. The van der Waals surface area contributed by atoms with Gasteiger partial charge in [-0.3, -0.25) is 0 Å². The van der Waals surface area contributed by atoms with Crippen LogP contribution in [0.15, 0.2) is 24.3 Å². The van der Waals surface area contributed by atoms with Gasteiger partial charge in [-0.2, -0.15) is 5.26 Å². The molecule has 3 rings (SSSR count). The maximum Gasteiger partial charge on any atom is 0.0991 e. The second kappa shape index (κ2) is 4.41. The van der Waals surface area contributed by atoms with Gasteiger partial charge in [0.25, 0.3) is 0 Å². The molecule has 0 saturated heterocycles. The van der Waals surface area contributed by atoms with Crippen molar-refractivity contribution in [1.29, 1.82) is 5.26 Å². The highest BCUT2D eigenvalue weighted by molar-refractivity contribution is 5.47. The maximum atomic E-state index is 8.73. The van der Waals surface area contributed by atoms with Crippen LogP contribution in [0.3, 0.4) is 0 Å². The molecule has 0 heterocycles. The Labute approximate surface area is 103 Å². The number of benzene rings is 1. The van der Waals surface area contributed by atoms with E-state index in [1.807, 2.05) is 24.3 Å². The summed E-state index contributed by atoms with van der Waals surface area (Å²) in [5.74, 6) is 2.88. The van der Waals surface area contributed by atoms with Gasteiger partial charge in [-0.25, -0.2) is 0 Å². The van der Waals surface area contributed by atoms with Gasteiger partial charge in [0.1, 0.15) is 0 Å². The molecule has 0 aromatic heterocycles. The van der Waals surface area contributed by atoms with E-state index in [1.54, 1.807) is 0 Å². The SMILES string of the molecule is N#Cc1ccc(NCC2CC3CCC2C3)cc1. The number of nitrogens with one attached hydrogen (secondary N) is 1. The Morgan fingerprint density at radius 1 is 1.18 bits per heavy atom. The lowest BCUT2D eigenvalue weighted by Gasteiger charge is -2.22. The third-order valence-corrected chi connectivity index (χ3v) is 4.47. The Bertz CT molecular complexity index is 429. The van der Waals surface area contributed by atoms with Crippen LogP contribution in [-0.2, 0) is 0 Å². The van der Waals surface area contributed by atoms with Gasteiger partial charge in [-0.05, 0) is 61.3 Å². The average Bonchev–Trinajstić information content (AvgIpc) is 2.99. The second-order valence-electron chi connectivity index (χ2n) is 5.50. The van der Waals surface area contributed by atoms with E-state index in [0.29, 0.717) is 0 Å². The minimum Gasteiger partial charge on any atom is -0.385 e. The van der Waals surface area contributed by atoms with Crippen LogP contribution in [0.4, 0.5) is 5.69 Å². The zero-order valence-corrected chi connectivity index (χ0v) is 10.0. The Balaban J connectivity index is 1.55. The van der Waals surface area contributed by atoms with Crippen molar-refractivity contribution in [3.05, 3.63) is 29.8 Å². The van der Waals surface area contributed by atoms with Crippen molar-refractivity contribution in [3.8, 4) is 6.07 Å². The van der Waals surface area contributed by atoms with Crippen LogP contribution >= 0.6 is 0 Å². The predicted molar refractivity (Wildman–Crippen MR) is 68.6 cm³/mol. The van der Waals surface area contributed by atoms with Crippen LogP contribution in [0.5, 0.6) is 0 Å². The minimum absolute atomic E-state index is 0.732. The number of anilines is 1. The summed E-state index contributed by atoms with van der Waals surface area (Å²) in [4.78, 5) is 0. The monoisotopic (exact) mass is 226 g/mol. The molecule has 88 valence electrons. The number of hydrogen-bond donors (Lipinski definition) is 1. The van der Waals surface area contributed by atoms with E-state index >= 15 is 0 Å². The third kappa shape index (κ3) is 2.15. The number of nitriles is 1. The lowest BCUT2D eigenvalue weighted by Crippen LogP contribution is -2.20. The zero-order chi connectivity index (χ0) is 11.7. The van der Waals surface area contributed by atoms with Crippen molar-refractivity contribution in [2.24, 2.45) is 17.8 Å². The van der Waals surface area contributed by atoms with Gasteiger partial charge in [-0.15, -0.1) is 0 Å². The highest BCUT2D eigenvalue weighted by Gasteiger charge is 2.38. The van der Waals surface area contributed by atoms with E-state index in [4.69, 9.17) is 5.26 Å². The summed E-state index contributed by atoms with van der Waals surface area (Å²) >= 11 is 0. The first-order chi connectivity index (χ1) is 8.35. The molecule has 0 spiro atoms. The third-order valence-electron chi connectivity index (χ3n) is 4.47. The number of fused-ring (bicyclic) bond motifs is 2. The van der Waals surface area contributed by atoms with Gasteiger partial charge >= 0.3 is 0 Å². The molecule has 17 heavy (non-hydrogen) atoms. The van der Waals surface area contributed by atoms with Crippen LogP contribution < -0.4 is 5.32 Å². The molecule has 2 aliphatic rings. The first-order valence-electron chi connectivity index (χ1n) is 6.59. The first-order valence-corrected chi connectivity index (χ1v) is 6.59. The molecular weight excluding hydrogens is 208 g/mol. The largest absolute Gasteiger partial charge is 0.385 e. The fourth-order valence-electron chi connectivity index (χ4n) is 3.54. The van der Waals surface area contributed by atoms with Crippen molar-refractivity contribution in [3.63, 3.8) is 0 Å². The minimum atomic E-state index is 0.732. The van der Waals surface area contributed by atoms with Gasteiger partial charge in [0.2, 0.25) is 0 Å². The van der Waals surface area contributed by atoms with Crippen LogP contribution in [-0.4, -0.2) is 6.54 Å². The van der Waals surface area contributed by atoms with Gasteiger partial charge in [0.15, 0.2) is 0 Å². The van der Waals surface area contributed by atoms with Crippen LogP contribution in [0.25, 0.3) is 0 Å². The number of hydrogen-bond acceptors (Lipinski definition) is 2. The molecule has 1 aromatic rings. The van der Waals surface area contributed by atoms with Crippen LogP contribution in [0.1, 0.15) is 31.2 Å². The topological polar surface area (TPSA) is 35.8 Å². The summed E-state index contributed by atoms with van der Waals surface area (Å²) in [6.45, 7) is 1.10. The van der Waals surface area contributed by atoms with Gasteiger partial charge in [0.05, 0.1) is 11.6 Å². The van der Waals surface area contributed by atoms with Crippen molar-refractivity contribution in [2.45, 2.75) is 25.7 Å².